The van der Waals surface area contributed by atoms with Crippen LogP contribution in [-0.2, 0) is 0 Å². The van der Waals surface area contributed by atoms with Gasteiger partial charge in [0.25, 0.3) is 0 Å². The number of aromatic carboxylic acids is 1. The van der Waals surface area contributed by atoms with Crippen LogP contribution in [-0.4, -0.2) is 16.1 Å². The molecule has 2 aromatic carbocycles. The number of nitrogens with zero attached hydrogens (tertiary/aromatic N) is 1. The Bertz CT molecular complexity index is 1510. The third kappa shape index (κ3) is 4.26. The maximum Gasteiger partial charge on any atom is 0.356 e. The van der Waals surface area contributed by atoms with Crippen LogP contribution >= 0.6 is 11.6 Å². The smallest absolute Gasteiger partial charge is 0.356 e. The lowest BCUT2D eigenvalue weighted by Gasteiger charge is -2.19. The van der Waals surface area contributed by atoms with Gasteiger partial charge in [0.1, 0.15) is 22.3 Å². The molecule has 0 aliphatic heterocycles. The highest BCUT2D eigenvalue weighted by Crippen LogP contribution is 2.33. The van der Waals surface area contributed by atoms with Gasteiger partial charge in [-0.25, -0.2) is 14.2 Å². The van der Waals surface area contributed by atoms with Crippen molar-refractivity contribution in [1.29, 1.82) is 0 Å². The predicted octanol–water partition coefficient (Wildman–Crippen LogP) is 6.44. The molecule has 2 aromatic heterocycles. The Labute approximate surface area is 200 Å². The summed E-state index contributed by atoms with van der Waals surface area (Å²) in [6.45, 7) is 6.99. The van der Waals surface area contributed by atoms with Gasteiger partial charge in [-0.05, 0) is 63.1 Å². The van der Waals surface area contributed by atoms with Gasteiger partial charge in [0, 0.05) is 16.7 Å². The van der Waals surface area contributed by atoms with Crippen LogP contribution < -0.4 is 10.7 Å². The molecule has 8 heteroatoms. The fourth-order valence-electron chi connectivity index (χ4n) is 3.92. The number of carbonyl (C=O) groups is 1. The number of hydrogen-bond acceptors (Lipinski definition) is 5. The summed E-state index contributed by atoms with van der Waals surface area (Å²) in [6, 6.07) is 10.9. The lowest BCUT2D eigenvalue weighted by atomic mass is 9.98. The van der Waals surface area contributed by atoms with Crippen LogP contribution in [0, 0.1) is 26.6 Å². The van der Waals surface area contributed by atoms with Crippen molar-refractivity contribution in [1.82, 2.24) is 4.98 Å². The predicted molar refractivity (Wildman–Crippen MR) is 130 cm³/mol. The summed E-state index contributed by atoms with van der Waals surface area (Å²) < 4.78 is 20.5. The molecule has 1 atom stereocenters. The van der Waals surface area contributed by atoms with Gasteiger partial charge in [0.05, 0.1) is 17.1 Å². The van der Waals surface area contributed by atoms with Crippen LogP contribution in [0.3, 0.4) is 0 Å². The summed E-state index contributed by atoms with van der Waals surface area (Å²) in [5, 5.41) is 13.1. The van der Waals surface area contributed by atoms with E-state index >= 15 is 0 Å². The van der Waals surface area contributed by atoms with Crippen molar-refractivity contribution in [3.05, 3.63) is 91.6 Å². The zero-order valence-corrected chi connectivity index (χ0v) is 19.7. The van der Waals surface area contributed by atoms with Crippen LogP contribution in [0.2, 0.25) is 5.15 Å². The van der Waals surface area contributed by atoms with Gasteiger partial charge in [-0.1, -0.05) is 29.8 Å². The van der Waals surface area contributed by atoms with Crippen molar-refractivity contribution >= 4 is 34.2 Å². The van der Waals surface area contributed by atoms with E-state index in [0.717, 1.165) is 5.56 Å². The number of hydrogen-bond donors (Lipinski definition) is 2. The molecule has 0 saturated carbocycles. The van der Waals surface area contributed by atoms with Crippen molar-refractivity contribution in [2.75, 3.05) is 5.32 Å². The molecule has 34 heavy (non-hydrogen) atoms. The van der Waals surface area contributed by atoms with E-state index in [1.54, 1.807) is 32.0 Å². The largest absolute Gasteiger partial charge is 0.476 e. The first-order valence-corrected chi connectivity index (χ1v) is 11.0. The first-order chi connectivity index (χ1) is 16.1. The average Bonchev–Trinajstić information content (AvgIpc) is 2.79. The molecule has 0 saturated heterocycles. The number of aromatic nitrogens is 1. The Balaban J connectivity index is 1.89. The first kappa shape index (κ1) is 23.4. The summed E-state index contributed by atoms with van der Waals surface area (Å²) in [5.41, 5.74) is 3.00. The minimum Gasteiger partial charge on any atom is -0.476 e. The minimum atomic E-state index is -1.22. The third-order valence-electron chi connectivity index (χ3n) is 5.73. The molecule has 0 spiro atoms. The highest BCUT2D eigenvalue weighted by Gasteiger charge is 2.21. The van der Waals surface area contributed by atoms with Gasteiger partial charge in [-0.15, -0.1) is 0 Å². The van der Waals surface area contributed by atoms with Gasteiger partial charge in [0.15, 0.2) is 11.1 Å². The van der Waals surface area contributed by atoms with E-state index in [4.69, 9.17) is 16.0 Å². The van der Waals surface area contributed by atoms with Crippen molar-refractivity contribution in [3.63, 3.8) is 0 Å². The molecule has 0 radical (unpaired) electrons. The summed E-state index contributed by atoms with van der Waals surface area (Å²) in [5.74, 6) is -1.33. The van der Waals surface area contributed by atoms with E-state index in [2.05, 4.69) is 10.3 Å². The average molecular weight is 481 g/mol. The second-order valence-electron chi connectivity index (χ2n) is 8.28. The van der Waals surface area contributed by atoms with E-state index in [-0.39, 0.29) is 27.7 Å². The third-order valence-corrected chi connectivity index (χ3v) is 5.94. The maximum absolute atomic E-state index is 14.3. The fourth-order valence-corrected chi connectivity index (χ4v) is 4.07. The molecule has 0 bridgehead atoms. The second-order valence-corrected chi connectivity index (χ2v) is 8.67. The molecular weight excluding hydrogens is 459 g/mol. The summed E-state index contributed by atoms with van der Waals surface area (Å²) in [7, 11) is 0. The monoisotopic (exact) mass is 480 g/mol. The number of aryl methyl sites for hydroxylation is 2. The molecular formula is C26H22ClFN2O4. The van der Waals surface area contributed by atoms with Gasteiger partial charge in [0.2, 0.25) is 0 Å². The molecule has 2 N–H and O–H groups in total. The highest BCUT2D eigenvalue weighted by molar-refractivity contribution is 6.29. The minimum absolute atomic E-state index is 0.0630. The first-order valence-electron chi connectivity index (χ1n) is 10.6. The van der Waals surface area contributed by atoms with Crippen molar-refractivity contribution in [2.45, 2.75) is 33.7 Å². The molecule has 174 valence electrons. The Kier molecular flexibility index (Phi) is 6.15. The van der Waals surface area contributed by atoms with Gasteiger partial charge < -0.3 is 14.8 Å². The Morgan fingerprint density at radius 2 is 1.88 bits per heavy atom. The Hall–Kier alpha value is -3.71. The Morgan fingerprint density at radius 3 is 2.56 bits per heavy atom. The number of carboxylic acid groups (broad SMARTS) is 1. The van der Waals surface area contributed by atoms with Crippen LogP contribution in [0.1, 0.15) is 45.7 Å². The zero-order chi connectivity index (χ0) is 24.7. The molecule has 0 aliphatic carbocycles. The van der Waals surface area contributed by atoms with E-state index < -0.39 is 17.8 Å². The molecule has 0 fully saturated rings. The molecule has 2 heterocycles. The summed E-state index contributed by atoms with van der Waals surface area (Å²) >= 11 is 5.86. The maximum atomic E-state index is 14.3. The van der Waals surface area contributed by atoms with E-state index in [9.17, 15) is 19.1 Å². The molecule has 0 amide bonds. The number of halogens is 2. The number of pyridine rings is 1. The van der Waals surface area contributed by atoms with Gasteiger partial charge in [-0.2, -0.15) is 0 Å². The van der Waals surface area contributed by atoms with E-state index in [0.29, 0.717) is 33.2 Å². The number of anilines is 1. The van der Waals surface area contributed by atoms with Gasteiger partial charge in [-0.3, -0.25) is 4.79 Å². The quantitative estimate of drug-likeness (QED) is 0.319. The highest BCUT2D eigenvalue weighted by atomic mass is 35.5. The summed E-state index contributed by atoms with van der Waals surface area (Å²) in [6.07, 6.45) is 0. The number of nitrogens with one attached hydrogen (secondary N) is 1. The lowest BCUT2D eigenvalue weighted by molar-refractivity contribution is 0.0691. The molecule has 6 nitrogen and oxygen atoms in total. The molecule has 4 rings (SSSR count). The second kappa shape index (κ2) is 8.91. The number of benzene rings is 2. The number of fused-ring (bicyclic) bond motifs is 1. The topological polar surface area (TPSA) is 92.4 Å². The summed E-state index contributed by atoms with van der Waals surface area (Å²) in [4.78, 5) is 28.8. The molecule has 1 unspecified atom stereocenters. The van der Waals surface area contributed by atoms with Crippen molar-refractivity contribution in [3.8, 4) is 11.3 Å². The Morgan fingerprint density at radius 1 is 1.15 bits per heavy atom. The van der Waals surface area contributed by atoms with Gasteiger partial charge >= 0.3 is 5.97 Å². The lowest BCUT2D eigenvalue weighted by Crippen LogP contribution is -2.14. The van der Waals surface area contributed by atoms with E-state index in [1.807, 2.05) is 19.9 Å². The molecule has 0 aliphatic rings. The number of carboxylic acids is 1. The SMILES string of the molecule is Cc1cc(C(C)Nc2ccc(Cl)nc2C(=O)O)c2oc(-c3ccc(C)c(F)c3)c(C)c(=O)c2c1. The van der Waals surface area contributed by atoms with E-state index in [1.165, 1.54) is 18.2 Å². The van der Waals surface area contributed by atoms with Crippen LogP contribution in [0.5, 0.6) is 0 Å². The van der Waals surface area contributed by atoms with Crippen LogP contribution in [0.15, 0.2) is 51.7 Å². The zero-order valence-electron chi connectivity index (χ0n) is 19.0. The van der Waals surface area contributed by atoms with Crippen LogP contribution in [0.4, 0.5) is 10.1 Å². The molecule has 4 aromatic rings. The normalized spacial score (nSPS) is 12.1. The number of rotatable bonds is 5. The standard InChI is InChI=1S/C26H22ClFN2O4/c1-12-9-17(15(4)29-20-7-8-21(27)30-22(20)26(32)33)25-18(10-12)23(31)14(3)24(34-25)16-6-5-13(2)19(28)11-16/h5-11,15,29H,1-4H3,(H,32,33). The fraction of sp³-hybridized carbons (Fsp3) is 0.192. The van der Waals surface area contributed by atoms with Crippen LogP contribution in [0.25, 0.3) is 22.3 Å². The van der Waals surface area contributed by atoms with Crippen molar-refractivity contribution in [2.24, 2.45) is 0 Å². The van der Waals surface area contributed by atoms with Crippen molar-refractivity contribution < 1.29 is 18.7 Å².